The predicted molar refractivity (Wildman–Crippen MR) is 119 cm³/mol. The summed E-state index contributed by atoms with van der Waals surface area (Å²) < 4.78 is 12.0. The molecule has 1 aliphatic carbocycles. The number of hydrogen-bond donors (Lipinski definition) is 1. The van der Waals surface area contributed by atoms with Crippen molar-refractivity contribution in [2.75, 3.05) is 20.3 Å². The lowest BCUT2D eigenvalue weighted by Crippen LogP contribution is -2.47. The zero-order valence-corrected chi connectivity index (χ0v) is 18.7. The highest BCUT2D eigenvalue weighted by molar-refractivity contribution is 7.10. The SMILES string of the molecule is CCc1csc(CNCC[C@@]2(c3ccccn3)CCOC3(CCCC3)C2)c1OC. The van der Waals surface area contributed by atoms with Crippen molar-refractivity contribution in [1.82, 2.24) is 10.3 Å². The lowest BCUT2D eigenvalue weighted by Gasteiger charge is -2.46. The lowest BCUT2D eigenvalue weighted by atomic mass is 9.68. The Labute approximate surface area is 179 Å². The molecule has 1 N–H and O–H groups in total. The second-order valence-corrected chi connectivity index (χ2v) is 9.62. The first-order chi connectivity index (χ1) is 14.2. The third kappa shape index (κ3) is 4.37. The highest BCUT2D eigenvalue weighted by Crippen LogP contribution is 2.49. The van der Waals surface area contributed by atoms with Crippen LogP contribution in [0.4, 0.5) is 0 Å². The second kappa shape index (κ2) is 9.15. The monoisotopic (exact) mass is 414 g/mol. The van der Waals surface area contributed by atoms with Gasteiger partial charge >= 0.3 is 0 Å². The van der Waals surface area contributed by atoms with Crippen LogP contribution in [0.15, 0.2) is 29.8 Å². The lowest BCUT2D eigenvalue weighted by molar-refractivity contribution is -0.104. The summed E-state index contributed by atoms with van der Waals surface area (Å²) in [5, 5.41) is 5.93. The molecular weight excluding hydrogens is 380 g/mol. The molecule has 1 aliphatic heterocycles. The number of rotatable bonds is 8. The van der Waals surface area contributed by atoms with Gasteiger partial charge < -0.3 is 14.8 Å². The summed E-state index contributed by atoms with van der Waals surface area (Å²) in [7, 11) is 1.78. The number of pyridine rings is 1. The second-order valence-electron chi connectivity index (χ2n) is 8.66. The van der Waals surface area contributed by atoms with Crippen molar-refractivity contribution in [2.45, 2.75) is 75.9 Å². The van der Waals surface area contributed by atoms with Crippen LogP contribution in [0.25, 0.3) is 0 Å². The summed E-state index contributed by atoms with van der Waals surface area (Å²) in [6.07, 6.45) is 11.3. The summed E-state index contributed by atoms with van der Waals surface area (Å²) in [5.41, 5.74) is 2.76. The predicted octanol–water partition coefficient (Wildman–Crippen LogP) is 5.26. The molecular formula is C24H34N2O2S. The number of aryl methyl sites for hydroxylation is 1. The van der Waals surface area contributed by atoms with Crippen LogP contribution in [-0.4, -0.2) is 30.8 Å². The molecule has 0 aromatic carbocycles. The van der Waals surface area contributed by atoms with E-state index in [9.17, 15) is 0 Å². The van der Waals surface area contributed by atoms with Crippen LogP contribution >= 0.6 is 11.3 Å². The molecule has 2 aromatic heterocycles. The smallest absolute Gasteiger partial charge is 0.137 e. The largest absolute Gasteiger partial charge is 0.495 e. The van der Waals surface area contributed by atoms with E-state index < -0.39 is 0 Å². The first kappa shape index (κ1) is 20.8. The number of nitrogens with one attached hydrogen (secondary N) is 1. The summed E-state index contributed by atoms with van der Waals surface area (Å²) in [6, 6.07) is 6.38. The first-order valence-corrected chi connectivity index (χ1v) is 12.0. The van der Waals surface area contributed by atoms with Gasteiger partial charge in [-0.15, -0.1) is 11.3 Å². The number of ether oxygens (including phenoxy) is 2. The molecule has 1 saturated heterocycles. The van der Waals surface area contributed by atoms with Crippen LogP contribution in [0.1, 0.15) is 68.0 Å². The molecule has 0 unspecified atom stereocenters. The molecule has 1 saturated carbocycles. The maximum Gasteiger partial charge on any atom is 0.137 e. The topological polar surface area (TPSA) is 43.4 Å². The van der Waals surface area contributed by atoms with Crippen molar-refractivity contribution >= 4 is 11.3 Å². The van der Waals surface area contributed by atoms with Crippen molar-refractivity contribution in [3.8, 4) is 5.75 Å². The van der Waals surface area contributed by atoms with Crippen LogP contribution in [0.2, 0.25) is 0 Å². The highest BCUT2D eigenvalue weighted by Gasteiger charge is 2.48. The standard InChI is InChI=1S/C24H34N2O2S/c1-3-19-17-29-20(22(19)27-2)16-25-14-11-23(21-8-4-7-13-26-21)12-15-28-24(18-23)9-5-6-10-24/h4,7-8,13,17,25H,3,5-6,9-12,14-16,18H2,1-2H3/t23-/m1/s1. The number of nitrogens with zero attached hydrogens (tertiary/aromatic N) is 1. The third-order valence-electron chi connectivity index (χ3n) is 6.91. The van der Waals surface area contributed by atoms with E-state index in [4.69, 9.17) is 14.5 Å². The van der Waals surface area contributed by atoms with Gasteiger partial charge in [-0.05, 0) is 62.6 Å². The van der Waals surface area contributed by atoms with Crippen LogP contribution in [0.5, 0.6) is 5.75 Å². The average molecular weight is 415 g/mol. The molecule has 158 valence electrons. The van der Waals surface area contributed by atoms with E-state index in [0.29, 0.717) is 0 Å². The van der Waals surface area contributed by atoms with Crippen molar-refractivity contribution in [1.29, 1.82) is 0 Å². The minimum atomic E-state index is 0.0861. The molecule has 0 amide bonds. The van der Waals surface area contributed by atoms with E-state index >= 15 is 0 Å². The van der Waals surface area contributed by atoms with Crippen molar-refractivity contribution in [3.63, 3.8) is 0 Å². The fourth-order valence-electron chi connectivity index (χ4n) is 5.36. The highest BCUT2D eigenvalue weighted by atomic mass is 32.1. The molecule has 1 atom stereocenters. The Hall–Kier alpha value is -1.43. The van der Waals surface area contributed by atoms with Gasteiger partial charge in [-0.1, -0.05) is 25.8 Å². The van der Waals surface area contributed by atoms with Crippen LogP contribution in [-0.2, 0) is 23.1 Å². The molecule has 2 fully saturated rings. The average Bonchev–Trinajstić information content (AvgIpc) is 3.38. The maximum absolute atomic E-state index is 6.36. The van der Waals surface area contributed by atoms with Gasteiger partial charge in [0, 0.05) is 36.0 Å². The van der Waals surface area contributed by atoms with E-state index in [-0.39, 0.29) is 11.0 Å². The molecule has 29 heavy (non-hydrogen) atoms. The van der Waals surface area contributed by atoms with Gasteiger partial charge in [0.2, 0.25) is 0 Å². The fourth-order valence-corrected chi connectivity index (χ4v) is 6.43. The minimum Gasteiger partial charge on any atom is -0.495 e. The van der Waals surface area contributed by atoms with Crippen LogP contribution in [0.3, 0.4) is 0 Å². The van der Waals surface area contributed by atoms with Gasteiger partial charge in [-0.3, -0.25) is 4.98 Å². The Morgan fingerprint density at radius 2 is 2.10 bits per heavy atom. The zero-order chi connectivity index (χ0) is 20.2. The van der Waals surface area contributed by atoms with Gasteiger partial charge in [0.05, 0.1) is 17.6 Å². The molecule has 1 spiro atoms. The Balaban J connectivity index is 1.45. The summed E-state index contributed by atoms with van der Waals surface area (Å²) in [5.74, 6) is 1.07. The fraction of sp³-hybridized carbons (Fsp3) is 0.625. The Morgan fingerprint density at radius 1 is 1.24 bits per heavy atom. The first-order valence-electron chi connectivity index (χ1n) is 11.1. The number of thiophene rings is 1. The molecule has 2 aliphatic rings. The molecule has 2 aromatic rings. The van der Waals surface area contributed by atoms with Gasteiger partial charge in [0.25, 0.3) is 0 Å². The Kier molecular flexibility index (Phi) is 6.57. The van der Waals surface area contributed by atoms with E-state index in [1.54, 1.807) is 18.4 Å². The molecule has 4 nitrogen and oxygen atoms in total. The van der Waals surface area contributed by atoms with E-state index in [1.165, 1.54) is 41.8 Å². The number of aromatic nitrogens is 1. The molecule has 3 heterocycles. The number of hydrogen-bond acceptors (Lipinski definition) is 5. The minimum absolute atomic E-state index is 0.0861. The molecule has 0 bridgehead atoms. The zero-order valence-electron chi connectivity index (χ0n) is 17.8. The quantitative estimate of drug-likeness (QED) is 0.599. The van der Waals surface area contributed by atoms with Crippen LogP contribution in [0, 0.1) is 0 Å². The van der Waals surface area contributed by atoms with Gasteiger partial charge in [-0.2, -0.15) is 0 Å². The van der Waals surface area contributed by atoms with Gasteiger partial charge in [0.15, 0.2) is 0 Å². The summed E-state index contributed by atoms with van der Waals surface area (Å²) >= 11 is 1.80. The third-order valence-corrected chi connectivity index (χ3v) is 7.93. The molecule has 0 radical (unpaired) electrons. The van der Waals surface area contributed by atoms with E-state index in [0.717, 1.165) is 51.1 Å². The van der Waals surface area contributed by atoms with Crippen molar-refractivity contribution < 1.29 is 9.47 Å². The van der Waals surface area contributed by atoms with Crippen molar-refractivity contribution in [2.24, 2.45) is 0 Å². The Bertz CT molecular complexity index is 785. The van der Waals surface area contributed by atoms with Crippen LogP contribution < -0.4 is 10.1 Å². The maximum atomic E-state index is 6.36. The summed E-state index contributed by atoms with van der Waals surface area (Å²) in [4.78, 5) is 6.11. The van der Waals surface area contributed by atoms with E-state index in [1.807, 2.05) is 12.3 Å². The number of methoxy groups -OCH3 is 1. The molecule has 5 heteroatoms. The van der Waals surface area contributed by atoms with Gasteiger partial charge in [0.1, 0.15) is 5.75 Å². The summed E-state index contributed by atoms with van der Waals surface area (Å²) in [6.45, 7) is 4.89. The molecule has 4 rings (SSSR count). The normalized spacial score (nSPS) is 23.5. The van der Waals surface area contributed by atoms with E-state index in [2.05, 4.69) is 29.8 Å². The Morgan fingerprint density at radius 3 is 2.83 bits per heavy atom. The van der Waals surface area contributed by atoms with Crippen molar-refractivity contribution in [3.05, 3.63) is 45.9 Å². The van der Waals surface area contributed by atoms with Gasteiger partial charge in [-0.25, -0.2) is 0 Å².